The maximum Gasteiger partial charge on any atom is 0.335 e. The molecule has 0 bridgehead atoms. The zero-order chi connectivity index (χ0) is 19.1. The second kappa shape index (κ2) is 8.80. The number of anilines is 1. The molecule has 0 aliphatic carbocycles. The number of rotatable bonds is 7. The molecular formula is C20H22N2O4. The minimum Gasteiger partial charge on any atom is -0.478 e. The summed E-state index contributed by atoms with van der Waals surface area (Å²) >= 11 is 0. The Kier molecular flexibility index (Phi) is 6.49. The van der Waals surface area contributed by atoms with E-state index in [0.29, 0.717) is 24.1 Å². The first-order valence-corrected chi connectivity index (χ1v) is 8.27. The predicted octanol–water partition coefficient (Wildman–Crippen LogP) is 2.59. The lowest BCUT2D eigenvalue weighted by Crippen LogP contribution is -2.23. The summed E-state index contributed by atoms with van der Waals surface area (Å²) in [6, 6.07) is 13.8. The highest BCUT2D eigenvalue weighted by Crippen LogP contribution is 2.14. The summed E-state index contributed by atoms with van der Waals surface area (Å²) in [5.41, 5.74) is 2.36. The van der Waals surface area contributed by atoms with E-state index >= 15 is 0 Å². The number of likely N-dealkylation sites (N-methyl/N-ethyl adjacent to an activating group) is 1. The molecule has 0 unspecified atom stereocenters. The molecule has 0 heterocycles. The van der Waals surface area contributed by atoms with Gasteiger partial charge in [0.05, 0.1) is 12.0 Å². The van der Waals surface area contributed by atoms with Crippen molar-refractivity contribution in [1.82, 2.24) is 4.90 Å². The Balaban J connectivity index is 1.90. The smallest absolute Gasteiger partial charge is 0.335 e. The van der Waals surface area contributed by atoms with Crippen molar-refractivity contribution in [3.63, 3.8) is 0 Å². The Morgan fingerprint density at radius 3 is 2.27 bits per heavy atom. The van der Waals surface area contributed by atoms with Crippen molar-refractivity contribution in [3.05, 3.63) is 65.2 Å². The van der Waals surface area contributed by atoms with Crippen molar-refractivity contribution >= 4 is 23.5 Å². The van der Waals surface area contributed by atoms with E-state index in [1.54, 1.807) is 56.6 Å². The van der Waals surface area contributed by atoms with E-state index < -0.39 is 5.97 Å². The van der Waals surface area contributed by atoms with E-state index in [0.717, 1.165) is 5.56 Å². The van der Waals surface area contributed by atoms with Crippen LogP contribution in [-0.2, 0) is 22.4 Å². The van der Waals surface area contributed by atoms with Crippen LogP contribution in [0.1, 0.15) is 27.9 Å². The van der Waals surface area contributed by atoms with Gasteiger partial charge >= 0.3 is 5.97 Å². The van der Waals surface area contributed by atoms with Crippen molar-refractivity contribution in [1.29, 1.82) is 0 Å². The third-order valence-electron chi connectivity index (χ3n) is 3.96. The van der Waals surface area contributed by atoms with Crippen LogP contribution < -0.4 is 5.32 Å². The van der Waals surface area contributed by atoms with Crippen molar-refractivity contribution < 1.29 is 19.5 Å². The molecule has 0 aliphatic heterocycles. The summed E-state index contributed by atoms with van der Waals surface area (Å²) in [6.07, 6.45) is 0.849. The number of carbonyl (C=O) groups excluding carboxylic acids is 2. The molecule has 6 nitrogen and oxygen atoms in total. The van der Waals surface area contributed by atoms with E-state index in [4.69, 9.17) is 5.11 Å². The van der Waals surface area contributed by atoms with Crippen LogP contribution >= 0.6 is 0 Å². The van der Waals surface area contributed by atoms with Crippen molar-refractivity contribution in [2.24, 2.45) is 0 Å². The fourth-order valence-corrected chi connectivity index (χ4v) is 2.46. The molecule has 0 aromatic heterocycles. The number of nitrogens with one attached hydrogen (secondary N) is 1. The van der Waals surface area contributed by atoms with Crippen LogP contribution in [-0.4, -0.2) is 41.9 Å². The van der Waals surface area contributed by atoms with E-state index in [2.05, 4.69) is 5.32 Å². The summed E-state index contributed by atoms with van der Waals surface area (Å²) in [5.74, 6) is -1.18. The second-order valence-corrected chi connectivity index (χ2v) is 6.17. The largest absolute Gasteiger partial charge is 0.478 e. The van der Waals surface area contributed by atoms with Crippen LogP contribution in [0.25, 0.3) is 0 Å². The number of carbonyl (C=O) groups is 3. The third-order valence-corrected chi connectivity index (χ3v) is 3.96. The monoisotopic (exact) mass is 354 g/mol. The summed E-state index contributed by atoms with van der Waals surface area (Å²) in [7, 11) is 3.42. The van der Waals surface area contributed by atoms with Crippen LogP contribution in [0.15, 0.2) is 48.5 Å². The van der Waals surface area contributed by atoms with Gasteiger partial charge in [-0.15, -0.1) is 0 Å². The highest BCUT2D eigenvalue weighted by molar-refractivity contribution is 5.92. The predicted molar refractivity (Wildman–Crippen MR) is 99.2 cm³/mol. The fourth-order valence-electron chi connectivity index (χ4n) is 2.46. The van der Waals surface area contributed by atoms with Gasteiger partial charge in [0, 0.05) is 26.2 Å². The SMILES string of the molecule is CN(C)C(=O)Cc1ccc(NC(=O)CCc2ccccc2C(=O)O)cc1. The highest BCUT2D eigenvalue weighted by atomic mass is 16.4. The molecule has 0 atom stereocenters. The maximum absolute atomic E-state index is 12.1. The van der Waals surface area contributed by atoms with Gasteiger partial charge < -0.3 is 15.3 Å². The normalized spacial score (nSPS) is 10.2. The molecule has 0 spiro atoms. The first-order valence-electron chi connectivity index (χ1n) is 8.27. The summed E-state index contributed by atoms with van der Waals surface area (Å²) < 4.78 is 0. The van der Waals surface area contributed by atoms with Gasteiger partial charge in [0.2, 0.25) is 11.8 Å². The van der Waals surface area contributed by atoms with Crippen LogP contribution in [0.4, 0.5) is 5.69 Å². The van der Waals surface area contributed by atoms with Gasteiger partial charge in [0.25, 0.3) is 0 Å². The minimum atomic E-state index is -0.996. The lowest BCUT2D eigenvalue weighted by Gasteiger charge is -2.11. The maximum atomic E-state index is 12.1. The summed E-state index contributed by atoms with van der Waals surface area (Å²) in [4.78, 5) is 36.5. The Morgan fingerprint density at radius 1 is 1.00 bits per heavy atom. The van der Waals surface area contributed by atoms with Crippen LogP contribution in [0.2, 0.25) is 0 Å². The zero-order valence-corrected chi connectivity index (χ0v) is 14.9. The number of carboxylic acids is 1. The van der Waals surface area contributed by atoms with Gasteiger partial charge in [-0.05, 0) is 35.7 Å². The Morgan fingerprint density at radius 2 is 1.65 bits per heavy atom. The van der Waals surface area contributed by atoms with E-state index in [1.165, 1.54) is 11.0 Å². The number of nitrogens with zero attached hydrogens (tertiary/aromatic N) is 1. The van der Waals surface area contributed by atoms with E-state index in [-0.39, 0.29) is 23.8 Å². The number of carboxylic acid groups (broad SMARTS) is 1. The highest BCUT2D eigenvalue weighted by Gasteiger charge is 2.11. The molecule has 0 aliphatic rings. The number of benzene rings is 2. The molecular weight excluding hydrogens is 332 g/mol. The van der Waals surface area contributed by atoms with Crippen LogP contribution in [0.3, 0.4) is 0 Å². The van der Waals surface area contributed by atoms with E-state index in [1.807, 2.05) is 0 Å². The zero-order valence-electron chi connectivity index (χ0n) is 14.9. The molecule has 6 heteroatoms. The second-order valence-electron chi connectivity index (χ2n) is 6.17. The van der Waals surface area contributed by atoms with Gasteiger partial charge in [-0.1, -0.05) is 30.3 Å². The average Bonchev–Trinajstić information content (AvgIpc) is 2.61. The molecule has 0 fully saturated rings. The number of hydrogen-bond acceptors (Lipinski definition) is 3. The molecule has 2 amide bonds. The average molecular weight is 354 g/mol. The molecule has 0 radical (unpaired) electrons. The Hall–Kier alpha value is -3.15. The van der Waals surface area contributed by atoms with Gasteiger partial charge in [0.15, 0.2) is 0 Å². The summed E-state index contributed by atoms with van der Waals surface area (Å²) in [5, 5.41) is 11.9. The Labute approximate surface area is 152 Å². The van der Waals surface area contributed by atoms with Gasteiger partial charge in [-0.3, -0.25) is 9.59 Å². The lowest BCUT2D eigenvalue weighted by atomic mass is 10.0. The van der Waals surface area contributed by atoms with Gasteiger partial charge in [0.1, 0.15) is 0 Å². The fraction of sp³-hybridized carbons (Fsp3) is 0.250. The number of amides is 2. The van der Waals surface area contributed by atoms with Crippen LogP contribution in [0.5, 0.6) is 0 Å². The number of aromatic carboxylic acids is 1. The quantitative estimate of drug-likeness (QED) is 0.800. The molecule has 136 valence electrons. The molecule has 2 rings (SSSR count). The molecule has 26 heavy (non-hydrogen) atoms. The first-order chi connectivity index (χ1) is 12.4. The third kappa shape index (κ3) is 5.44. The molecule has 0 saturated carbocycles. The number of hydrogen-bond donors (Lipinski definition) is 2. The topological polar surface area (TPSA) is 86.7 Å². The van der Waals surface area contributed by atoms with Gasteiger partial charge in [-0.2, -0.15) is 0 Å². The minimum absolute atomic E-state index is 0.0129. The molecule has 2 aromatic rings. The first kappa shape index (κ1) is 19.2. The van der Waals surface area contributed by atoms with Gasteiger partial charge in [-0.25, -0.2) is 4.79 Å². The number of aryl methyl sites for hydroxylation is 1. The molecule has 0 saturated heterocycles. The van der Waals surface area contributed by atoms with Crippen molar-refractivity contribution in [2.75, 3.05) is 19.4 Å². The molecule has 2 N–H and O–H groups in total. The van der Waals surface area contributed by atoms with Crippen molar-refractivity contribution in [2.45, 2.75) is 19.3 Å². The van der Waals surface area contributed by atoms with Crippen molar-refractivity contribution in [3.8, 4) is 0 Å². The van der Waals surface area contributed by atoms with Crippen LogP contribution in [0, 0.1) is 0 Å². The summed E-state index contributed by atoms with van der Waals surface area (Å²) in [6.45, 7) is 0. The Bertz CT molecular complexity index is 798. The van der Waals surface area contributed by atoms with E-state index in [9.17, 15) is 14.4 Å². The standard InChI is InChI=1S/C20H22N2O4/c1-22(2)19(24)13-14-7-10-16(11-8-14)21-18(23)12-9-15-5-3-4-6-17(15)20(25)26/h3-8,10-11H,9,12-13H2,1-2H3,(H,21,23)(H,25,26). The lowest BCUT2D eigenvalue weighted by molar-refractivity contribution is -0.128. The molecule has 2 aromatic carbocycles.